The fourth-order valence-electron chi connectivity index (χ4n) is 2.05. The minimum Gasteiger partial charge on any atom is -0.317 e. The first-order valence-corrected chi connectivity index (χ1v) is 7.26. The maximum absolute atomic E-state index is 12.4. The Morgan fingerprint density at radius 2 is 2.26 bits per heavy atom. The summed E-state index contributed by atoms with van der Waals surface area (Å²) in [5, 5.41) is 3.95. The van der Waals surface area contributed by atoms with Gasteiger partial charge in [0.15, 0.2) is 0 Å². The van der Waals surface area contributed by atoms with Gasteiger partial charge in [0.2, 0.25) is 0 Å². The van der Waals surface area contributed by atoms with Crippen molar-refractivity contribution < 1.29 is 0 Å². The first kappa shape index (κ1) is 14.2. The van der Waals surface area contributed by atoms with Gasteiger partial charge in [-0.2, -0.15) is 0 Å². The SMILES string of the molecule is CCNCC(C)Cn1cnc2ccc(Br)cc2c1=O. The van der Waals surface area contributed by atoms with E-state index >= 15 is 0 Å². The van der Waals surface area contributed by atoms with Crippen LogP contribution in [0.15, 0.2) is 33.8 Å². The lowest BCUT2D eigenvalue weighted by Gasteiger charge is -2.13. The predicted molar refractivity (Wildman–Crippen MR) is 81.4 cm³/mol. The fraction of sp³-hybridized carbons (Fsp3) is 0.429. The third kappa shape index (κ3) is 3.42. The minimum atomic E-state index is 0.0228. The summed E-state index contributed by atoms with van der Waals surface area (Å²) in [4.78, 5) is 16.7. The lowest BCUT2D eigenvalue weighted by molar-refractivity contribution is 0.443. The Morgan fingerprint density at radius 1 is 1.47 bits per heavy atom. The van der Waals surface area contributed by atoms with Gasteiger partial charge in [-0.25, -0.2) is 4.98 Å². The Morgan fingerprint density at radius 3 is 3.00 bits per heavy atom. The van der Waals surface area contributed by atoms with Crippen molar-refractivity contribution in [2.75, 3.05) is 13.1 Å². The molecule has 1 heterocycles. The van der Waals surface area contributed by atoms with Gasteiger partial charge >= 0.3 is 0 Å². The van der Waals surface area contributed by atoms with E-state index in [9.17, 15) is 4.79 Å². The molecular weight excluding hydrogens is 306 g/mol. The third-order valence-electron chi connectivity index (χ3n) is 3.04. The second-order valence-corrected chi connectivity index (χ2v) is 5.69. The second-order valence-electron chi connectivity index (χ2n) is 4.78. The number of hydrogen-bond acceptors (Lipinski definition) is 3. The van der Waals surface area contributed by atoms with Crippen LogP contribution in [0, 0.1) is 5.92 Å². The predicted octanol–water partition coefficient (Wildman–Crippen LogP) is 2.40. The molecule has 2 aromatic rings. The Bertz CT molecular complexity index is 624. The molecule has 0 fully saturated rings. The highest BCUT2D eigenvalue weighted by atomic mass is 79.9. The molecule has 102 valence electrons. The van der Waals surface area contributed by atoms with Gasteiger partial charge in [-0.3, -0.25) is 9.36 Å². The number of rotatable bonds is 5. The summed E-state index contributed by atoms with van der Waals surface area (Å²) in [6, 6.07) is 5.58. The lowest BCUT2D eigenvalue weighted by atomic mass is 10.1. The molecule has 0 bridgehead atoms. The van der Waals surface area contributed by atoms with Crippen LogP contribution < -0.4 is 10.9 Å². The van der Waals surface area contributed by atoms with Crippen molar-refractivity contribution in [1.82, 2.24) is 14.9 Å². The van der Waals surface area contributed by atoms with Gasteiger partial charge in [0.25, 0.3) is 5.56 Å². The molecule has 19 heavy (non-hydrogen) atoms. The first-order valence-electron chi connectivity index (χ1n) is 6.47. The number of benzene rings is 1. The highest BCUT2D eigenvalue weighted by molar-refractivity contribution is 9.10. The Hall–Kier alpha value is -1.20. The molecule has 4 nitrogen and oxygen atoms in total. The zero-order valence-corrected chi connectivity index (χ0v) is 12.8. The smallest absolute Gasteiger partial charge is 0.261 e. The van der Waals surface area contributed by atoms with Gasteiger partial charge < -0.3 is 5.32 Å². The van der Waals surface area contributed by atoms with Gasteiger partial charge in [0.05, 0.1) is 17.2 Å². The molecule has 0 spiro atoms. The maximum atomic E-state index is 12.4. The van der Waals surface area contributed by atoms with Crippen LogP contribution in [0.1, 0.15) is 13.8 Å². The summed E-state index contributed by atoms with van der Waals surface area (Å²) < 4.78 is 2.59. The van der Waals surface area contributed by atoms with E-state index in [-0.39, 0.29) is 5.56 Å². The Balaban J connectivity index is 2.29. The van der Waals surface area contributed by atoms with Crippen LogP contribution in [0.4, 0.5) is 0 Å². The van der Waals surface area contributed by atoms with Gasteiger partial charge in [0.1, 0.15) is 0 Å². The molecule has 0 saturated heterocycles. The van der Waals surface area contributed by atoms with Crippen LogP contribution in [-0.2, 0) is 6.54 Å². The van der Waals surface area contributed by atoms with E-state index in [2.05, 4.69) is 40.1 Å². The quantitative estimate of drug-likeness (QED) is 0.919. The zero-order chi connectivity index (χ0) is 13.8. The van der Waals surface area contributed by atoms with E-state index in [0.29, 0.717) is 17.8 Å². The molecule has 2 rings (SSSR count). The van der Waals surface area contributed by atoms with Crippen LogP contribution in [0.2, 0.25) is 0 Å². The van der Waals surface area contributed by atoms with Crippen molar-refractivity contribution in [1.29, 1.82) is 0 Å². The van der Waals surface area contributed by atoms with Gasteiger partial charge in [-0.1, -0.05) is 29.8 Å². The van der Waals surface area contributed by atoms with E-state index in [4.69, 9.17) is 0 Å². The molecule has 0 amide bonds. The molecule has 1 aromatic heterocycles. The molecule has 1 N–H and O–H groups in total. The first-order chi connectivity index (χ1) is 9.11. The highest BCUT2D eigenvalue weighted by Gasteiger charge is 2.08. The Kier molecular flexibility index (Phi) is 4.71. The van der Waals surface area contributed by atoms with E-state index in [0.717, 1.165) is 23.1 Å². The number of hydrogen-bond donors (Lipinski definition) is 1. The molecule has 0 radical (unpaired) electrons. The molecule has 0 aliphatic heterocycles. The van der Waals surface area contributed by atoms with Gasteiger partial charge in [-0.05, 0) is 37.2 Å². The average Bonchev–Trinajstić information content (AvgIpc) is 2.40. The van der Waals surface area contributed by atoms with Gasteiger partial charge in [-0.15, -0.1) is 0 Å². The van der Waals surface area contributed by atoms with Crippen molar-refractivity contribution >= 4 is 26.8 Å². The van der Waals surface area contributed by atoms with Crippen LogP contribution in [0.25, 0.3) is 10.9 Å². The lowest BCUT2D eigenvalue weighted by Crippen LogP contribution is -2.29. The van der Waals surface area contributed by atoms with E-state index in [1.54, 1.807) is 10.9 Å². The summed E-state index contributed by atoms with van der Waals surface area (Å²) >= 11 is 3.39. The van der Waals surface area contributed by atoms with Crippen molar-refractivity contribution in [2.45, 2.75) is 20.4 Å². The summed E-state index contributed by atoms with van der Waals surface area (Å²) in [5.74, 6) is 0.393. The monoisotopic (exact) mass is 323 g/mol. The highest BCUT2D eigenvalue weighted by Crippen LogP contribution is 2.15. The topological polar surface area (TPSA) is 46.9 Å². The Labute approximate surface area is 121 Å². The molecule has 0 saturated carbocycles. The van der Waals surface area contributed by atoms with E-state index in [1.807, 2.05) is 18.2 Å². The maximum Gasteiger partial charge on any atom is 0.261 e. The summed E-state index contributed by atoms with van der Waals surface area (Å²) in [6.45, 7) is 6.73. The number of aromatic nitrogens is 2. The number of halogens is 1. The number of fused-ring (bicyclic) bond motifs is 1. The van der Waals surface area contributed by atoms with Crippen molar-refractivity contribution in [3.8, 4) is 0 Å². The van der Waals surface area contributed by atoms with Crippen LogP contribution in [-0.4, -0.2) is 22.6 Å². The van der Waals surface area contributed by atoms with Gasteiger partial charge in [0, 0.05) is 11.0 Å². The van der Waals surface area contributed by atoms with E-state index in [1.165, 1.54) is 0 Å². The summed E-state index contributed by atoms with van der Waals surface area (Å²) in [5.41, 5.74) is 0.762. The number of nitrogens with one attached hydrogen (secondary N) is 1. The van der Waals surface area contributed by atoms with Crippen LogP contribution in [0.5, 0.6) is 0 Å². The minimum absolute atomic E-state index is 0.0228. The van der Waals surface area contributed by atoms with Crippen molar-refractivity contribution in [3.63, 3.8) is 0 Å². The normalized spacial score (nSPS) is 12.8. The summed E-state index contributed by atoms with van der Waals surface area (Å²) in [7, 11) is 0. The standard InChI is InChI=1S/C14H18BrN3O/c1-3-16-7-10(2)8-18-9-17-13-5-4-11(15)6-12(13)14(18)19/h4-6,9-10,16H,3,7-8H2,1-2H3. The summed E-state index contributed by atoms with van der Waals surface area (Å²) in [6.07, 6.45) is 1.64. The molecule has 0 aliphatic carbocycles. The third-order valence-corrected chi connectivity index (χ3v) is 3.53. The molecule has 1 aromatic carbocycles. The van der Waals surface area contributed by atoms with Crippen LogP contribution in [0.3, 0.4) is 0 Å². The zero-order valence-electron chi connectivity index (χ0n) is 11.2. The van der Waals surface area contributed by atoms with Crippen molar-refractivity contribution in [3.05, 3.63) is 39.4 Å². The van der Waals surface area contributed by atoms with Crippen LogP contribution >= 0.6 is 15.9 Å². The average molecular weight is 324 g/mol. The molecule has 5 heteroatoms. The molecular formula is C14H18BrN3O. The largest absolute Gasteiger partial charge is 0.317 e. The molecule has 1 unspecified atom stereocenters. The molecule has 1 atom stereocenters. The second kappa shape index (κ2) is 6.30. The molecule has 0 aliphatic rings. The van der Waals surface area contributed by atoms with Crippen molar-refractivity contribution in [2.24, 2.45) is 5.92 Å². The van der Waals surface area contributed by atoms with E-state index < -0.39 is 0 Å². The fourth-order valence-corrected chi connectivity index (χ4v) is 2.41. The number of nitrogens with zero attached hydrogens (tertiary/aromatic N) is 2.